The number of anilines is 1. The molecular weight excluding hydrogens is 218 g/mol. The summed E-state index contributed by atoms with van der Waals surface area (Å²) in [7, 11) is 0. The van der Waals surface area contributed by atoms with Crippen LogP contribution in [0.2, 0.25) is 0 Å². The van der Waals surface area contributed by atoms with Gasteiger partial charge in [0, 0.05) is 4.47 Å². The number of fused-ring (bicyclic) bond motifs is 1. The summed E-state index contributed by atoms with van der Waals surface area (Å²) in [5.41, 5.74) is 1.08. The highest BCUT2D eigenvalue weighted by Crippen LogP contribution is 2.31. The number of benzene rings is 1. The van der Waals surface area contributed by atoms with E-state index in [9.17, 15) is 0 Å². The van der Waals surface area contributed by atoms with Crippen molar-refractivity contribution in [2.75, 3.05) is 11.9 Å². The van der Waals surface area contributed by atoms with Gasteiger partial charge < -0.3 is 10.1 Å². The summed E-state index contributed by atoms with van der Waals surface area (Å²) in [6, 6.07) is 6.41. The topological polar surface area (TPSA) is 21.3 Å². The molecule has 0 bridgehead atoms. The van der Waals surface area contributed by atoms with Crippen molar-refractivity contribution in [3.05, 3.63) is 22.7 Å². The van der Waals surface area contributed by atoms with Crippen molar-refractivity contribution in [2.24, 2.45) is 0 Å². The molecule has 0 amide bonds. The number of ether oxygens (including phenoxy) is 1. The number of nitrogens with one attached hydrogen (secondary N) is 1. The molecule has 0 radical (unpaired) electrons. The zero-order valence-corrected chi connectivity index (χ0v) is 8.39. The molecule has 1 aromatic rings. The molecule has 1 atom stereocenters. The lowest BCUT2D eigenvalue weighted by Crippen LogP contribution is -2.28. The standard InChI is InChI=1S/C9H10BrNO/c1-6-5-12-9-4-7(10)2-3-8(9)11-6/h2-4,6,11H,5H2,1H3. The van der Waals surface area contributed by atoms with Crippen LogP contribution in [-0.4, -0.2) is 12.6 Å². The Labute approximate surface area is 80.1 Å². The number of rotatable bonds is 0. The molecule has 0 aromatic heterocycles. The van der Waals surface area contributed by atoms with Crippen molar-refractivity contribution in [3.8, 4) is 5.75 Å². The van der Waals surface area contributed by atoms with Crippen molar-refractivity contribution in [1.29, 1.82) is 0 Å². The quantitative estimate of drug-likeness (QED) is 0.736. The van der Waals surface area contributed by atoms with Crippen LogP contribution in [0.4, 0.5) is 5.69 Å². The summed E-state index contributed by atoms with van der Waals surface area (Å²) in [4.78, 5) is 0. The summed E-state index contributed by atoms with van der Waals surface area (Å²) in [6.07, 6.45) is 0. The van der Waals surface area contributed by atoms with Gasteiger partial charge in [0.1, 0.15) is 12.4 Å². The summed E-state index contributed by atoms with van der Waals surface area (Å²) < 4.78 is 6.58. The van der Waals surface area contributed by atoms with Crippen molar-refractivity contribution < 1.29 is 4.74 Å². The highest BCUT2D eigenvalue weighted by molar-refractivity contribution is 9.10. The van der Waals surface area contributed by atoms with Crippen LogP contribution in [-0.2, 0) is 0 Å². The Bertz CT molecular complexity index is 301. The normalized spacial score (nSPS) is 20.7. The summed E-state index contributed by atoms with van der Waals surface area (Å²) in [6.45, 7) is 2.84. The second-order valence-electron chi connectivity index (χ2n) is 3.00. The van der Waals surface area contributed by atoms with Crippen molar-refractivity contribution >= 4 is 21.6 Å². The fourth-order valence-electron chi connectivity index (χ4n) is 1.26. The maximum absolute atomic E-state index is 5.52. The predicted molar refractivity (Wildman–Crippen MR) is 52.7 cm³/mol. The summed E-state index contributed by atoms with van der Waals surface area (Å²) in [5.74, 6) is 0.933. The van der Waals surface area contributed by atoms with E-state index in [0.29, 0.717) is 6.04 Å². The largest absolute Gasteiger partial charge is 0.489 e. The fourth-order valence-corrected chi connectivity index (χ4v) is 1.60. The van der Waals surface area contributed by atoms with E-state index in [-0.39, 0.29) is 0 Å². The van der Waals surface area contributed by atoms with Crippen LogP contribution in [0.5, 0.6) is 5.75 Å². The third-order valence-electron chi connectivity index (χ3n) is 1.83. The van der Waals surface area contributed by atoms with E-state index >= 15 is 0 Å². The van der Waals surface area contributed by atoms with Crippen molar-refractivity contribution in [2.45, 2.75) is 13.0 Å². The van der Waals surface area contributed by atoms with Gasteiger partial charge in [-0.1, -0.05) is 15.9 Å². The first-order valence-electron chi connectivity index (χ1n) is 3.94. The first-order chi connectivity index (χ1) is 5.75. The molecule has 0 saturated carbocycles. The van der Waals surface area contributed by atoms with Crippen LogP contribution in [0.15, 0.2) is 22.7 Å². The maximum atomic E-state index is 5.52. The van der Waals surface area contributed by atoms with Gasteiger partial charge in [0.15, 0.2) is 0 Å². The minimum Gasteiger partial charge on any atom is -0.489 e. The minimum absolute atomic E-state index is 0.402. The van der Waals surface area contributed by atoms with Crippen LogP contribution in [0.3, 0.4) is 0 Å². The van der Waals surface area contributed by atoms with E-state index in [4.69, 9.17) is 4.74 Å². The lowest BCUT2D eigenvalue weighted by Gasteiger charge is -2.24. The molecule has 1 N–H and O–H groups in total. The molecule has 0 aliphatic carbocycles. The third-order valence-corrected chi connectivity index (χ3v) is 2.33. The Morgan fingerprint density at radius 2 is 2.42 bits per heavy atom. The molecule has 0 fully saturated rings. The summed E-state index contributed by atoms with van der Waals surface area (Å²) in [5, 5.41) is 3.34. The third kappa shape index (κ3) is 1.41. The smallest absolute Gasteiger partial charge is 0.143 e. The molecule has 3 heteroatoms. The van der Waals surface area contributed by atoms with Crippen LogP contribution < -0.4 is 10.1 Å². The van der Waals surface area contributed by atoms with Gasteiger partial charge in [-0.25, -0.2) is 0 Å². The highest BCUT2D eigenvalue weighted by atomic mass is 79.9. The van der Waals surface area contributed by atoms with Gasteiger partial charge in [-0.05, 0) is 25.1 Å². The number of halogens is 1. The van der Waals surface area contributed by atoms with Gasteiger partial charge in [-0.3, -0.25) is 0 Å². The number of hydrogen-bond donors (Lipinski definition) is 1. The predicted octanol–water partition coefficient (Wildman–Crippen LogP) is 2.64. The van der Waals surface area contributed by atoms with E-state index in [2.05, 4.69) is 28.2 Å². The molecule has 0 saturated heterocycles. The highest BCUT2D eigenvalue weighted by Gasteiger charge is 2.14. The average molecular weight is 228 g/mol. The molecule has 64 valence electrons. The van der Waals surface area contributed by atoms with Crippen LogP contribution in [0.1, 0.15) is 6.92 Å². The van der Waals surface area contributed by atoms with E-state index in [1.165, 1.54) is 0 Å². The van der Waals surface area contributed by atoms with Gasteiger partial charge in [-0.2, -0.15) is 0 Å². The molecule has 2 nitrogen and oxygen atoms in total. The molecule has 0 spiro atoms. The molecule has 1 aliphatic heterocycles. The average Bonchev–Trinajstić information content (AvgIpc) is 2.05. The second-order valence-corrected chi connectivity index (χ2v) is 3.91. The zero-order chi connectivity index (χ0) is 8.55. The van der Waals surface area contributed by atoms with Crippen LogP contribution in [0.25, 0.3) is 0 Å². The van der Waals surface area contributed by atoms with Gasteiger partial charge in [0.25, 0.3) is 0 Å². The fraction of sp³-hybridized carbons (Fsp3) is 0.333. The van der Waals surface area contributed by atoms with Gasteiger partial charge in [-0.15, -0.1) is 0 Å². The van der Waals surface area contributed by atoms with Gasteiger partial charge in [0.2, 0.25) is 0 Å². The Morgan fingerprint density at radius 1 is 1.58 bits per heavy atom. The van der Waals surface area contributed by atoms with Crippen LogP contribution >= 0.6 is 15.9 Å². The molecule has 1 aliphatic rings. The lowest BCUT2D eigenvalue weighted by atomic mass is 10.2. The first kappa shape index (κ1) is 7.92. The molecule has 1 unspecified atom stereocenters. The SMILES string of the molecule is CC1COc2cc(Br)ccc2N1. The maximum Gasteiger partial charge on any atom is 0.143 e. The lowest BCUT2D eigenvalue weighted by molar-refractivity contribution is 0.291. The molecule has 1 heterocycles. The molecule has 2 rings (SSSR count). The van der Waals surface area contributed by atoms with Gasteiger partial charge >= 0.3 is 0 Å². The Morgan fingerprint density at radius 3 is 3.25 bits per heavy atom. The van der Waals surface area contributed by atoms with E-state index in [1.54, 1.807) is 0 Å². The van der Waals surface area contributed by atoms with E-state index in [0.717, 1.165) is 22.5 Å². The van der Waals surface area contributed by atoms with Gasteiger partial charge in [0.05, 0.1) is 11.7 Å². The van der Waals surface area contributed by atoms with E-state index in [1.807, 2.05) is 18.2 Å². The monoisotopic (exact) mass is 227 g/mol. The van der Waals surface area contributed by atoms with Crippen molar-refractivity contribution in [3.63, 3.8) is 0 Å². The molecular formula is C9H10BrNO. The Hall–Kier alpha value is -0.700. The molecule has 1 aromatic carbocycles. The zero-order valence-electron chi connectivity index (χ0n) is 6.80. The summed E-state index contributed by atoms with van der Waals surface area (Å²) >= 11 is 3.40. The Kier molecular flexibility index (Phi) is 1.97. The van der Waals surface area contributed by atoms with Crippen LogP contribution in [0, 0.1) is 0 Å². The second kappa shape index (κ2) is 2.98. The Balaban J connectivity index is 2.37. The minimum atomic E-state index is 0.402. The molecule has 12 heavy (non-hydrogen) atoms. The first-order valence-corrected chi connectivity index (χ1v) is 4.74. The van der Waals surface area contributed by atoms with Crippen molar-refractivity contribution in [1.82, 2.24) is 0 Å². The van der Waals surface area contributed by atoms with E-state index < -0.39 is 0 Å². The number of hydrogen-bond acceptors (Lipinski definition) is 2.